The predicted octanol–water partition coefficient (Wildman–Crippen LogP) is 4.80. The molecule has 1 unspecified atom stereocenters. The number of benzene rings is 2. The molecule has 158 valence electrons. The molecule has 0 spiro atoms. The lowest BCUT2D eigenvalue weighted by Crippen LogP contribution is -2.45. The van der Waals surface area contributed by atoms with E-state index in [-0.39, 0.29) is 5.75 Å². The van der Waals surface area contributed by atoms with Gasteiger partial charge in [0.05, 0.1) is 0 Å². The van der Waals surface area contributed by atoms with E-state index in [1.807, 2.05) is 29.2 Å². The number of alkyl halides is 3. The van der Waals surface area contributed by atoms with Crippen molar-refractivity contribution < 1.29 is 17.9 Å². The molecule has 2 aliphatic heterocycles. The number of halogens is 4. The quantitative estimate of drug-likeness (QED) is 0.685. The molecule has 0 amide bonds. The first kappa shape index (κ1) is 20.7. The number of amidine groups is 1. The van der Waals surface area contributed by atoms with E-state index in [4.69, 9.17) is 15.7 Å². The van der Waals surface area contributed by atoms with Crippen LogP contribution in [0.3, 0.4) is 0 Å². The first-order valence-corrected chi connectivity index (χ1v) is 10.4. The third-order valence-electron chi connectivity index (χ3n) is 5.19. The van der Waals surface area contributed by atoms with Gasteiger partial charge in [0.2, 0.25) is 0 Å². The zero-order chi connectivity index (χ0) is 21.4. The van der Waals surface area contributed by atoms with E-state index >= 15 is 0 Å². The van der Waals surface area contributed by atoms with Crippen LogP contribution >= 0.6 is 15.9 Å². The summed E-state index contributed by atoms with van der Waals surface area (Å²) in [6, 6.07) is 13.4. The van der Waals surface area contributed by atoms with Crippen LogP contribution in [0.5, 0.6) is 5.75 Å². The molecule has 5 nitrogen and oxygen atoms in total. The van der Waals surface area contributed by atoms with Gasteiger partial charge in [-0.05, 0) is 54.7 Å². The molecule has 2 heterocycles. The van der Waals surface area contributed by atoms with Crippen molar-refractivity contribution in [1.82, 2.24) is 4.90 Å². The maximum atomic E-state index is 12.6. The summed E-state index contributed by atoms with van der Waals surface area (Å²) in [5.74, 6) is 0.760. The van der Waals surface area contributed by atoms with Crippen LogP contribution in [0.1, 0.15) is 30.4 Å². The van der Waals surface area contributed by atoms with Gasteiger partial charge in [-0.1, -0.05) is 40.2 Å². The molecule has 0 aromatic heterocycles. The van der Waals surface area contributed by atoms with Crippen molar-refractivity contribution >= 4 is 27.7 Å². The molecule has 1 atom stereocenters. The van der Waals surface area contributed by atoms with E-state index in [9.17, 15) is 13.2 Å². The summed E-state index contributed by atoms with van der Waals surface area (Å²) in [5, 5.41) is 0. The van der Waals surface area contributed by atoms with Gasteiger partial charge in [0.1, 0.15) is 11.6 Å². The number of fused-ring (bicyclic) bond motifs is 1. The zero-order valence-corrected chi connectivity index (χ0v) is 17.6. The number of aliphatic imine (C=N–C) groups is 2. The molecule has 9 heteroatoms. The molecule has 0 fully saturated rings. The van der Waals surface area contributed by atoms with Crippen molar-refractivity contribution in [2.24, 2.45) is 15.7 Å². The van der Waals surface area contributed by atoms with Crippen LogP contribution in [0, 0.1) is 0 Å². The molecular formula is C21H20BrF3N4O. The van der Waals surface area contributed by atoms with Gasteiger partial charge in [-0.2, -0.15) is 0 Å². The average molecular weight is 481 g/mol. The van der Waals surface area contributed by atoms with E-state index in [2.05, 4.69) is 20.7 Å². The van der Waals surface area contributed by atoms with Crippen molar-refractivity contribution in [1.29, 1.82) is 0 Å². The van der Waals surface area contributed by atoms with Crippen LogP contribution in [0.2, 0.25) is 0 Å². The molecule has 0 bridgehead atoms. The maximum absolute atomic E-state index is 12.6. The summed E-state index contributed by atoms with van der Waals surface area (Å²) in [6.07, 6.45) is -1.78. The lowest BCUT2D eigenvalue weighted by atomic mass is 9.82. The Bertz CT molecular complexity index is 990. The van der Waals surface area contributed by atoms with Crippen molar-refractivity contribution in [2.45, 2.75) is 31.2 Å². The Morgan fingerprint density at radius 2 is 1.80 bits per heavy atom. The molecule has 0 saturated heterocycles. The number of nitrogens with two attached hydrogens (primary N) is 1. The second-order valence-corrected chi connectivity index (χ2v) is 8.10. The molecule has 4 rings (SSSR count). The molecule has 2 aromatic carbocycles. The van der Waals surface area contributed by atoms with Crippen LogP contribution in [-0.2, 0) is 5.54 Å². The van der Waals surface area contributed by atoms with Crippen LogP contribution < -0.4 is 10.5 Å². The normalized spacial score (nSPS) is 23.7. The van der Waals surface area contributed by atoms with Crippen LogP contribution in [0.25, 0.3) is 0 Å². The number of hydrogen-bond donors (Lipinski definition) is 1. The van der Waals surface area contributed by atoms with Gasteiger partial charge in [-0.15, -0.1) is 13.2 Å². The highest BCUT2D eigenvalue weighted by molar-refractivity contribution is 9.10. The van der Waals surface area contributed by atoms with Gasteiger partial charge in [0.25, 0.3) is 0 Å². The second kappa shape index (κ2) is 7.94. The first-order chi connectivity index (χ1) is 14.3. The van der Waals surface area contributed by atoms with Gasteiger partial charge in [-0.3, -0.25) is 9.89 Å². The second-order valence-electron chi connectivity index (χ2n) is 7.18. The van der Waals surface area contributed by atoms with Gasteiger partial charge < -0.3 is 10.5 Å². The van der Waals surface area contributed by atoms with Gasteiger partial charge in [0.15, 0.2) is 11.5 Å². The Kier molecular flexibility index (Phi) is 5.48. The van der Waals surface area contributed by atoms with Crippen molar-refractivity contribution in [3.63, 3.8) is 0 Å². The van der Waals surface area contributed by atoms with Gasteiger partial charge >= 0.3 is 6.36 Å². The van der Waals surface area contributed by atoms with Crippen LogP contribution in [-0.4, -0.2) is 36.1 Å². The predicted molar refractivity (Wildman–Crippen MR) is 113 cm³/mol. The number of hydrogen-bond acceptors (Lipinski definition) is 5. The van der Waals surface area contributed by atoms with Crippen molar-refractivity contribution in [3.8, 4) is 5.75 Å². The molecule has 30 heavy (non-hydrogen) atoms. The van der Waals surface area contributed by atoms with Crippen LogP contribution in [0.4, 0.5) is 13.2 Å². The molecule has 2 aliphatic rings. The number of guanidine groups is 1. The molecule has 0 saturated carbocycles. The molecular weight excluding hydrogens is 461 g/mol. The Labute approximate surface area is 180 Å². The van der Waals surface area contributed by atoms with Crippen molar-refractivity contribution in [2.75, 3.05) is 13.1 Å². The van der Waals surface area contributed by atoms with E-state index in [1.165, 1.54) is 12.1 Å². The highest BCUT2D eigenvalue weighted by atomic mass is 79.9. The summed E-state index contributed by atoms with van der Waals surface area (Å²) in [6.45, 7) is 1.33. The van der Waals surface area contributed by atoms with Crippen molar-refractivity contribution in [3.05, 3.63) is 64.1 Å². The Balaban J connectivity index is 1.87. The third kappa shape index (κ3) is 3.90. The minimum atomic E-state index is -4.75. The summed E-state index contributed by atoms with van der Waals surface area (Å²) in [5.41, 5.74) is 6.77. The van der Waals surface area contributed by atoms with Gasteiger partial charge in [-0.25, -0.2) is 4.99 Å². The Hall–Kier alpha value is -2.55. The SMILES string of the molecule is NC1=NC(c2ccc(OC(F)(F)F)cc2)(c2cccc(Br)c2)/C2=N/CCCCCN12. The third-order valence-corrected chi connectivity index (χ3v) is 5.68. The van der Waals surface area contributed by atoms with E-state index in [0.717, 1.165) is 29.3 Å². The molecule has 0 aliphatic carbocycles. The van der Waals surface area contributed by atoms with E-state index in [1.54, 1.807) is 12.1 Å². The molecule has 2 aromatic rings. The summed E-state index contributed by atoms with van der Waals surface area (Å²) in [7, 11) is 0. The number of rotatable bonds is 3. The van der Waals surface area contributed by atoms with E-state index < -0.39 is 11.9 Å². The highest BCUT2D eigenvalue weighted by Crippen LogP contribution is 2.42. The number of ether oxygens (including phenoxy) is 1. The maximum Gasteiger partial charge on any atom is 0.573 e. The summed E-state index contributed by atoms with van der Waals surface area (Å²) in [4.78, 5) is 11.6. The molecule has 2 N–H and O–H groups in total. The highest BCUT2D eigenvalue weighted by Gasteiger charge is 2.48. The lowest BCUT2D eigenvalue weighted by Gasteiger charge is -2.32. The van der Waals surface area contributed by atoms with E-state index in [0.29, 0.717) is 30.4 Å². The fourth-order valence-electron chi connectivity index (χ4n) is 3.91. The monoisotopic (exact) mass is 480 g/mol. The van der Waals surface area contributed by atoms with Crippen LogP contribution in [0.15, 0.2) is 63.0 Å². The smallest absolute Gasteiger partial charge is 0.406 e. The number of nitrogens with zero attached hydrogens (tertiary/aromatic N) is 3. The summed E-state index contributed by atoms with van der Waals surface area (Å²) >= 11 is 3.50. The fraction of sp³-hybridized carbons (Fsp3) is 0.333. The average Bonchev–Trinajstić information content (AvgIpc) is 2.92. The molecule has 0 radical (unpaired) electrons. The fourth-order valence-corrected chi connectivity index (χ4v) is 4.31. The zero-order valence-electron chi connectivity index (χ0n) is 16.0. The minimum absolute atomic E-state index is 0.290. The van der Waals surface area contributed by atoms with Gasteiger partial charge in [0, 0.05) is 17.6 Å². The lowest BCUT2D eigenvalue weighted by molar-refractivity contribution is -0.274. The first-order valence-electron chi connectivity index (χ1n) is 9.60. The minimum Gasteiger partial charge on any atom is -0.406 e. The summed E-state index contributed by atoms with van der Waals surface area (Å²) < 4.78 is 42.7. The topological polar surface area (TPSA) is 63.2 Å². The standard InChI is InChI=1S/C21H20BrF3N4O/c22-16-6-4-5-15(13-16)20(14-7-9-17(10-8-14)30-21(23,24)25)18-27-11-2-1-3-12-29(18)19(26)28-20/h4-10,13H,1-3,11-12H2,(H2,26,28)/b27-18-. The largest absolute Gasteiger partial charge is 0.573 e. The Morgan fingerprint density at radius 3 is 2.50 bits per heavy atom. The Morgan fingerprint density at radius 1 is 1.03 bits per heavy atom.